The van der Waals surface area contributed by atoms with Crippen LogP contribution in [0.15, 0.2) is 61.1 Å². The molecular weight excluding hydrogens is 457 g/mol. The number of imidazole rings is 1. The molecule has 0 radical (unpaired) electrons. The fraction of sp³-hybridized carbons (Fsp3) is 0.393. The summed E-state index contributed by atoms with van der Waals surface area (Å²) in [5.74, 6) is 0.0426. The van der Waals surface area contributed by atoms with Crippen LogP contribution in [-0.2, 0) is 4.79 Å². The van der Waals surface area contributed by atoms with Gasteiger partial charge < -0.3 is 14.8 Å². The normalized spacial score (nSPS) is 21.8. The molecule has 188 valence electrons. The van der Waals surface area contributed by atoms with Crippen molar-refractivity contribution in [2.75, 3.05) is 32.7 Å². The number of carbonyl (C=O) groups excluding carboxylic acids is 2. The third-order valence-corrected chi connectivity index (χ3v) is 7.55. The van der Waals surface area contributed by atoms with Crippen LogP contribution in [0.2, 0.25) is 0 Å². The topological polar surface area (TPSA) is 70.5 Å². The van der Waals surface area contributed by atoms with Crippen LogP contribution in [0.5, 0.6) is 0 Å². The van der Waals surface area contributed by atoms with E-state index in [9.17, 15) is 14.0 Å². The third-order valence-electron chi connectivity index (χ3n) is 7.55. The summed E-state index contributed by atoms with van der Waals surface area (Å²) in [6.45, 7) is 7.48. The van der Waals surface area contributed by atoms with Gasteiger partial charge in [0.15, 0.2) is 0 Å². The first kappa shape index (κ1) is 24.2. The molecule has 0 aliphatic carbocycles. The number of aromatic nitrogens is 2. The van der Waals surface area contributed by atoms with Crippen LogP contribution in [0.4, 0.5) is 4.39 Å². The summed E-state index contributed by atoms with van der Waals surface area (Å²) in [6.07, 6.45) is 4.20. The molecule has 2 aliphatic heterocycles. The van der Waals surface area contributed by atoms with Crippen LogP contribution in [0.3, 0.4) is 0 Å². The van der Waals surface area contributed by atoms with E-state index in [1.807, 2.05) is 33.7 Å². The number of benzene rings is 2. The van der Waals surface area contributed by atoms with Crippen LogP contribution in [0.1, 0.15) is 42.4 Å². The molecule has 8 heteroatoms. The van der Waals surface area contributed by atoms with E-state index in [1.54, 1.807) is 24.7 Å². The van der Waals surface area contributed by atoms with Crippen LogP contribution >= 0.6 is 0 Å². The summed E-state index contributed by atoms with van der Waals surface area (Å²) in [5, 5.41) is 2.89. The highest BCUT2D eigenvalue weighted by Gasteiger charge is 2.35. The van der Waals surface area contributed by atoms with Crippen molar-refractivity contribution in [1.29, 1.82) is 0 Å². The molecule has 5 rings (SSSR count). The number of carbonyl (C=O) groups is 2. The lowest BCUT2D eigenvalue weighted by Crippen LogP contribution is -2.57. The van der Waals surface area contributed by atoms with Crippen molar-refractivity contribution >= 4 is 11.8 Å². The minimum atomic E-state index is -0.270. The van der Waals surface area contributed by atoms with Crippen molar-refractivity contribution in [2.45, 2.75) is 32.4 Å². The van der Waals surface area contributed by atoms with Gasteiger partial charge in [-0.1, -0.05) is 43.3 Å². The highest BCUT2D eigenvalue weighted by molar-refractivity contribution is 5.92. The van der Waals surface area contributed by atoms with Gasteiger partial charge in [0.2, 0.25) is 5.91 Å². The maximum Gasteiger partial charge on any atom is 0.272 e. The number of nitrogens with zero attached hydrogens (tertiary/aromatic N) is 4. The molecule has 2 saturated heterocycles. The molecule has 3 aromatic rings. The summed E-state index contributed by atoms with van der Waals surface area (Å²) in [7, 11) is 0. The zero-order valence-corrected chi connectivity index (χ0v) is 20.7. The minimum Gasteiger partial charge on any atom is -0.354 e. The number of likely N-dealkylation sites (tertiary alicyclic amines) is 1. The molecule has 1 N–H and O–H groups in total. The Morgan fingerprint density at radius 1 is 1.14 bits per heavy atom. The number of piperidine rings is 1. The van der Waals surface area contributed by atoms with E-state index in [4.69, 9.17) is 0 Å². The maximum absolute atomic E-state index is 13.6. The monoisotopic (exact) mass is 489 g/mol. The van der Waals surface area contributed by atoms with E-state index in [0.29, 0.717) is 37.9 Å². The Balaban J connectivity index is 1.34. The van der Waals surface area contributed by atoms with E-state index in [0.717, 1.165) is 29.7 Å². The summed E-state index contributed by atoms with van der Waals surface area (Å²) in [5.41, 5.74) is 3.51. The second kappa shape index (κ2) is 10.2. The largest absolute Gasteiger partial charge is 0.354 e. The molecule has 2 fully saturated rings. The molecular formula is C28H32FN5O2. The van der Waals surface area contributed by atoms with Crippen molar-refractivity contribution in [1.82, 2.24) is 24.7 Å². The van der Waals surface area contributed by atoms with E-state index >= 15 is 0 Å². The first-order valence-electron chi connectivity index (χ1n) is 12.6. The number of hydrogen-bond acceptors (Lipinski definition) is 4. The van der Waals surface area contributed by atoms with Crippen LogP contribution in [0.25, 0.3) is 11.1 Å². The number of rotatable bonds is 5. The number of nitrogens with one attached hydrogen (secondary N) is 1. The number of hydrogen-bond donors (Lipinski definition) is 1. The van der Waals surface area contributed by atoms with Crippen molar-refractivity contribution in [3.63, 3.8) is 0 Å². The quantitative estimate of drug-likeness (QED) is 0.595. The smallest absolute Gasteiger partial charge is 0.272 e. The predicted molar refractivity (Wildman–Crippen MR) is 136 cm³/mol. The maximum atomic E-state index is 13.6. The van der Waals surface area contributed by atoms with Gasteiger partial charge in [0.25, 0.3) is 5.91 Å². The summed E-state index contributed by atoms with van der Waals surface area (Å²) in [6, 6.07) is 14.6. The number of halogens is 1. The van der Waals surface area contributed by atoms with Gasteiger partial charge in [-0.2, -0.15) is 0 Å². The van der Waals surface area contributed by atoms with E-state index in [1.165, 1.54) is 12.1 Å². The summed E-state index contributed by atoms with van der Waals surface area (Å²) >= 11 is 0. The van der Waals surface area contributed by atoms with Crippen LogP contribution in [0, 0.1) is 11.7 Å². The zero-order valence-electron chi connectivity index (χ0n) is 20.7. The zero-order chi connectivity index (χ0) is 25.2. The molecule has 0 unspecified atom stereocenters. The molecule has 0 bridgehead atoms. The lowest BCUT2D eigenvalue weighted by molar-refractivity contribution is -0.125. The van der Waals surface area contributed by atoms with E-state index in [-0.39, 0.29) is 29.6 Å². The predicted octanol–water partition coefficient (Wildman–Crippen LogP) is 3.58. The minimum absolute atomic E-state index is 0.0275. The van der Waals surface area contributed by atoms with Gasteiger partial charge in [-0.3, -0.25) is 14.5 Å². The van der Waals surface area contributed by atoms with Gasteiger partial charge in [0.05, 0.1) is 25.1 Å². The molecule has 2 aliphatic rings. The molecule has 0 saturated carbocycles. The van der Waals surface area contributed by atoms with E-state index in [2.05, 4.69) is 29.0 Å². The first-order chi connectivity index (χ1) is 17.4. The van der Waals surface area contributed by atoms with Gasteiger partial charge >= 0.3 is 0 Å². The van der Waals surface area contributed by atoms with Crippen LogP contribution < -0.4 is 5.32 Å². The molecule has 36 heavy (non-hydrogen) atoms. The van der Waals surface area contributed by atoms with Crippen LogP contribution in [-0.4, -0.2) is 69.9 Å². The number of piperazine rings is 1. The van der Waals surface area contributed by atoms with Gasteiger partial charge in [-0.05, 0) is 48.1 Å². The molecule has 3 heterocycles. The average Bonchev–Trinajstić information content (AvgIpc) is 3.38. The Kier molecular flexibility index (Phi) is 6.87. The van der Waals surface area contributed by atoms with E-state index < -0.39 is 0 Å². The fourth-order valence-electron chi connectivity index (χ4n) is 5.65. The Hall–Kier alpha value is -3.52. The molecule has 2 aromatic carbocycles. The molecule has 1 aromatic heterocycles. The Morgan fingerprint density at radius 2 is 1.92 bits per heavy atom. The third kappa shape index (κ3) is 4.78. The van der Waals surface area contributed by atoms with Gasteiger partial charge in [-0.15, -0.1) is 0 Å². The average molecular weight is 490 g/mol. The molecule has 0 spiro atoms. The summed E-state index contributed by atoms with van der Waals surface area (Å²) in [4.78, 5) is 34.0. The Morgan fingerprint density at radius 3 is 2.67 bits per heavy atom. The lowest BCUT2D eigenvalue weighted by Gasteiger charge is -2.43. The van der Waals surface area contributed by atoms with Crippen molar-refractivity contribution in [3.05, 3.63) is 78.1 Å². The SMILES string of the molecule is C[C@H]1CN(C(=O)c2cncn2[C@@H](C)c2ccccc2-c2ccc(F)cc2)CC[C@H]1N1CCNC(=O)C1. The van der Waals surface area contributed by atoms with Gasteiger partial charge in [0, 0.05) is 32.2 Å². The molecule has 7 nitrogen and oxygen atoms in total. The van der Waals surface area contributed by atoms with Crippen molar-refractivity contribution in [3.8, 4) is 11.1 Å². The highest BCUT2D eigenvalue weighted by atomic mass is 19.1. The Labute approximate surface area is 210 Å². The van der Waals surface area contributed by atoms with Gasteiger partial charge in [-0.25, -0.2) is 9.37 Å². The molecule has 3 atom stereocenters. The van der Waals surface area contributed by atoms with Crippen molar-refractivity contribution in [2.24, 2.45) is 5.92 Å². The van der Waals surface area contributed by atoms with Crippen molar-refractivity contribution < 1.29 is 14.0 Å². The summed E-state index contributed by atoms with van der Waals surface area (Å²) < 4.78 is 15.4. The Bertz CT molecular complexity index is 1240. The van der Waals surface area contributed by atoms with Gasteiger partial charge in [0.1, 0.15) is 11.5 Å². The number of amides is 2. The fourth-order valence-corrected chi connectivity index (χ4v) is 5.65. The molecule has 2 amide bonds. The second-order valence-electron chi connectivity index (χ2n) is 9.86. The lowest BCUT2D eigenvalue weighted by atomic mass is 9.91. The second-order valence-corrected chi connectivity index (χ2v) is 9.86. The standard InChI is InChI=1S/C28H32FN5O2/c1-19-16-33(13-11-25(19)32-14-12-31-27(35)17-32)28(36)26-15-30-18-34(26)20(2)23-5-3-4-6-24(23)21-7-9-22(29)10-8-21/h3-10,15,18-20,25H,11-14,16-17H2,1-2H3,(H,31,35)/t19-,20-,25+/m0/s1. The highest BCUT2D eigenvalue weighted by Crippen LogP contribution is 2.32. The first-order valence-corrected chi connectivity index (χ1v) is 12.6.